The molecule has 2 aromatic rings. The number of alkyl halides is 3. The highest BCUT2D eigenvalue weighted by molar-refractivity contribution is 6.31. The number of carboxylic acid groups (broad SMARTS) is 1. The Morgan fingerprint density at radius 2 is 1.74 bits per heavy atom. The van der Waals surface area contributed by atoms with Gasteiger partial charge in [-0.25, -0.2) is 0 Å². The molecule has 27 heavy (non-hydrogen) atoms. The van der Waals surface area contributed by atoms with Gasteiger partial charge in [0.05, 0.1) is 17.5 Å². The van der Waals surface area contributed by atoms with Crippen molar-refractivity contribution in [3.63, 3.8) is 0 Å². The third kappa shape index (κ3) is 4.28. The molecule has 1 heterocycles. The summed E-state index contributed by atoms with van der Waals surface area (Å²) >= 11 is 6.33. The van der Waals surface area contributed by atoms with Crippen LogP contribution < -0.4 is 0 Å². The molecule has 7 heteroatoms. The molecule has 144 valence electrons. The van der Waals surface area contributed by atoms with Crippen molar-refractivity contribution in [2.75, 3.05) is 13.1 Å². The van der Waals surface area contributed by atoms with E-state index in [9.17, 15) is 23.1 Å². The molecule has 1 N–H and O–H groups in total. The highest BCUT2D eigenvalue weighted by atomic mass is 35.5. The van der Waals surface area contributed by atoms with Crippen LogP contribution in [0.15, 0.2) is 48.5 Å². The van der Waals surface area contributed by atoms with Gasteiger partial charge in [0.25, 0.3) is 0 Å². The Balaban J connectivity index is 2.13. The average Bonchev–Trinajstić information content (AvgIpc) is 2.63. The van der Waals surface area contributed by atoms with Crippen molar-refractivity contribution in [3.05, 3.63) is 70.2 Å². The first kappa shape index (κ1) is 19.7. The van der Waals surface area contributed by atoms with Gasteiger partial charge in [0.2, 0.25) is 0 Å². The SMILES string of the molecule is O=C(O)C1CCCN(C(c2ccccc2Cl)c2ccccc2C(F)(F)F)C1. The van der Waals surface area contributed by atoms with Crippen molar-refractivity contribution in [1.82, 2.24) is 4.90 Å². The topological polar surface area (TPSA) is 40.5 Å². The normalized spacial score (nSPS) is 19.6. The number of benzene rings is 2. The number of hydrogen-bond donors (Lipinski definition) is 1. The quantitative estimate of drug-likeness (QED) is 0.766. The Labute approximate surface area is 160 Å². The maximum absolute atomic E-state index is 13.7. The molecule has 0 amide bonds. The largest absolute Gasteiger partial charge is 0.481 e. The fraction of sp³-hybridized carbons (Fsp3) is 0.350. The molecular formula is C20H19ClF3NO2. The summed E-state index contributed by atoms with van der Waals surface area (Å²) in [7, 11) is 0. The number of rotatable bonds is 4. The molecule has 3 nitrogen and oxygen atoms in total. The maximum Gasteiger partial charge on any atom is 0.416 e. The standard InChI is InChI=1S/C20H19ClF3NO2/c21-17-10-4-2-8-15(17)18(25-11-5-6-13(12-25)19(26)27)14-7-1-3-9-16(14)20(22,23)24/h1-4,7-10,13,18H,5-6,11-12H2,(H,26,27). The fourth-order valence-electron chi connectivity index (χ4n) is 3.69. The van der Waals surface area contributed by atoms with Crippen LogP contribution in [0.25, 0.3) is 0 Å². The van der Waals surface area contributed by atoms with E-state index in [1.807, 2.05) is 0 Å². The number of likely N-dealkylation sites (tertiary alicyclic amines) is 1. The number of aliphatic carboxylic acids is 1. The lowest BCUT2D eigenvalue weighted by atomic mass is 9.89. The van der Waals surface area contributed by atoms with Gasteiger partial charge in [0.1, 0.15) is 0 Å². The van der Waals surface area contributed by atoms with Gasteiger partial charge in [-0.3, -0.25) is 9.69 Å². The van der Waals surface area contributed by atoms with Gasteiger partial charge in [0, 0.05) is 11.6 Å². The molecule has 0 radical (unpaired) electrons. The van der Waals surface area contributed by atoms with Crippen LogP contribution in [0.1, 0.15) is 35.6 Å². The molecule has 2 aromatic carbocycles. The molecule has 2 unspecified atom stereocenters. The number of carboxylic acids is 1. The minimum atomic E-state index is -4.52. The van der Waals surface area contributed by atoms with Crippen molar-refractivity contribution in [1.29, 1.82) is 0 Å². The minimum absolute atomic E-state index is 0.0872. The zero-order valence-electron chi connectivity index (χ0n) is 14.4. The van der Waals surface area contributed by atoms with E-state index in [0.717, 1.165) is 6.07 Å². The molecule has 1 aliphatic rings. The van der Waals surface area contributed by atoms with Crippen LogP contribution in [0.3, 0.4) is 0 Å². The Morgan fingerprint density at radius 3 is 2.37 bits per heavy atom. The third-order valence-corrected chi connectivity index (χ3v) is 5.27. The lowest BCUT2D eigenvalue weighted by Gasteiger charge is -2.38. The first-order valence-electron chi connectivity index (χ1n) is 8.66. The van der Waals surface area contributed by atoms with E-state index in [1.165, 1.54) is 12.1 Å². The van der Waals surface area contributed by atoms with Crippen molar-refractivity contribution in [2.45, 2.75) is 25.1 Å². The number of carbonyl (C=O) groups is 1. The van der Waals surface area contributed by atoms with E-state index in [0.29, 0.717) is 30.0 Å². The number of hydrogen-bond acceptors (Lipinski definition) is 2. The molecule has 0 spiro atoms. The lowest BCUT2D eigenvalue weighted by Crippen LogP contribution is -2.41. The first-order chi connectivity index (χ1) is 12.8. The van der Waals surface area contributed by atoms with Crippen LogP contribution in [0, 0.1) is 5.92 Å². The van der Waals surface area contributed by atoms with Crippen molar-refractivity contribution in [2.24, 2.45) is 5.92 Å². The second-order valence-corrected chi connectivity index (χ2v) is 7.09. The maximum atomic E-state index is 13.7. The van der Waals surface area contributed by atoms with Crippen LogP contribution >= 0.6 is 11.6 Å². The zero-order chi connectivity index (χ0) is 19.6. The molecule has 0 saturated carbocycles. The summed E-state index contributed by atoms with van der Waals surface area (Å²) in [6, 6.07) is 11.4. The van der Waals surface area contributed by atoms with Gasteiger partial charge >= 0.3 is 12.1 Å². The predicted octanol–water partition coefficient (Wildman–Crippen LogP) is 5.24. The molecule has 0 bridgehead atoms. The minimum Gasteiger partial charge on any atom is -0.481 e. The molecule has 0 aromatic heterocycles. The molecule has 1 saturated heterocycles. The summed E-state index contributed by atoms with van der Waals surface area (Å²) in [4.78, 5) is 13.3. The second-order valence-electron chi connectivity index (χ2n) is 6.68. The number of nitrogens with zero attached hydrogens (tertiary/aromatic N) is 1. The van der Waals surface area contributed by atoms with Crippen LogP contribution in [-0.4, -0.2) is 29.1 Å². The summed E-state index contributed by atoms with van der Waals surface area (Å²) in [5, 5.41) is 9.74. The van der Waals surface area contributed by atoms with Gasteiger partial charge in [0.15, 0.2) is 0 Å². The smallest absolute Gasteiger partial charge is 0.416 e. The van der Waals surface area contributed by atoms with Crippen molar-refractivity contribution >= 4 is 17.6 Å². The molecule has 3 rings (SSSR count). The van der Waals surface area contributed by atoms with Crippen LogP contribution in [0.4, 0.5) is 13.2 Å². The summed E-state index contributed by atoms with van der Waals surface area (Å²) in [6.45, 7) is 0.684. The third-order valence-electron chi connectivity index (χ3n) is 4.93. The van der Waals surface area contributed by atoms with Gasteiger partial charge in [-0.2, -0.15) is 13.2 Å². The summed E-state index contributed by atoms with van der Waals surface area (Å²) in [5.41, 5.74) is -0.0987. The Bertz CT molecular complexity index is 825. The lowest BCUT2D eigenvalue weighted by molar-refractivity contribution is -0.144. The van der Waals surface area contributed by atoms with E-state index in [1.54, 1.807) is 35.2 Å². The predicted molar refractivity (Wildman–Crippen MR) is 96.7 cm³/mol. The number of halogens is 4. The molecule has 1 aliphatic heterocycles. The van der Waals surface area contributed by atoms with Crippen LogP contribution in [0.5, 0.6) is 0 Å². The number of piperidine rings is 1. The summed E-state index contributed by atoms with van der Waals surface area (Å²) in [5.74, 6) is -1.54. The second kappa shape index (κ2) is 7.90. The van der Waals surface area contributed by atoms with E-state index < -0.39 is 29.7 Å². The molecular weight excluding hydrogens is 379 g/mol. The zero-order valence-corrected chi connectivity index (χ0v) is 15.2. The monoisotopic (exact) mass is 397 g/mol. The van der Waals surface area contributed by atoms with Crippen LogP contribution in [-0.2, 0) is 11.0 Å². The molecule has 1 fully saturated rings. The average molecular weight is 398 g/mol. The highest BCUT2D eigenvalue weighted by Crippen LogP contribution is 2.42. The van der Waals surface area contributed by atoms with Gasteiger partial charge < -0.3 is 5.11 Å². The van der Waals surface area contributed by atoms with E-state index in [2.05, 4.69) is 0 Å². The van der Waals surface area contributed by atoms with Crippen molar-refractivity contribution in [3.8, 4) is 0 Å². The fourth-order valence-corrected chi connectivity index (χ4v) is 3.93. The Kier molecular flexibility index (Phi) is 5.77. The first-order valence-corrected chi connectivity index (χ1v) is 9.04. The highest BCUT2D eigenvalue weighted by Gasteiger charge is 2.39. The van der Waals surface area contributed by atoms with E-state index in [4.69, 9.17) is 11.6 Å². The Morgan fingerprint density at radius 1 is 1.11 bits per heavy atom. The molecule has 0 aliphatic carbocycles. The summed E-state index contributed by atoms with van der Waals surface area (Å²) < 4.78 is 41.0. The van der Waals surface area contributed by atoms with Gasteiger partial charge in [-0.05, 0) is 42.6 Å². The van der Waals surface area contributed by atoms with Crippen LogP contribution in [0.2, 0.25) is 5.02 Å². The van der Waals surface area contributed by atoms with E-state index in [-0.39, 0.29) is 12.1 Å². The van der Waals surface area contributed by atoms with Gasteiger partial charge in [-0.1, -0.05) is 48.0 Å². The van der Waals surface area contributed by atoms with E-state index >= 15 is 0 Å². The van der Waals surface area contributed by atoms with Crippen molar-refractivity contribution < 1.29 is 23.1 Å². The summed E-state index contributed by atoms with van der Waals surface area (Å²) in [6.07, 6.45) is -3.40. The molecule has 2 atom stereocenters. The van der Waals surface area contributed by atoms with Gasteiger partial charge in [-0.15, -0.1) is 0 Å². The Hall–Kier alpha value is -2.05.